The van der Waals surface area contributed by atoms with Crippen molar-refractivity contribution in [2.75, 3.05) is 0 Å². The van der Waals surface area contributed by atoms with Crippen molar-refractivity contribution < 1.29 is 4.21 Å². The molecular formula is C38H18N4OS2. The zero-order valence-corrected chi connectivity index (χ0v) is 25.0. The molecule has 0 aliphatic heterocycles. The van der Waals surface area contributed by atoms with E-state index in [1.807, 2.05) is 91.0 Å². The molecule has 0 spiro atoms. The van der Waals surface area contributed by atoms with E-state index < -0.39 is 10.8 Å². The molecule has 0 amide bonds. The topological polar surface area (TPSA) is 112 Å². The van der Waals surface area contributed by atoms with Gasteiger partial charge in [-0.15, -0.1) is 0 Å². The average molecular weight is 611 g/mol. The summed E-state index contributed by atoms with van der Waals surface area (Å²) in [6, 6.07) is 42.8. The van der Waals surface area contributed by atoms with Crippen molar-refractivity contribution in [3.63, 3.8) is 0 Å². The molecule has 0 saturated heterocycles. The maximum Gasteiger partial charge on any atom is 0.138 e. The fraction of sp³-hybridized carbons (Fsp3) is 0. The summed E-state index contributed by atoms with van der Waals surface area (Å²) >= 11 is 1.59. The highest BCUT2D eigenvalue weighted by molar-refractivity contribution is 7.99. The fourth-order valence-corrected chi connectivity index (χ4v) is 7.95. The van der Waals surface area contributed by atoms with Gasteiger partial charge in [-0.1, -0.05) is 60.3 Å². The van der Waals surface area contributed by atoms with Crippen LogP contribution in [0.4, 0.5) is 0 Å². The standard InChI is InChI=1S/C38H18N4OS2/c39-19-23(20-40)37-33-15-26(44-25-7-3-1-4-8-25)11-13-29(33)31-17-32-30-14-12-28(45(43)27-9-5-2-6-10-27)16-34(30)38(24(21-41)22-42)36(32)18-35(31)37/h1-18H. The Morgan fingerprint density at radius 1 is 0.467 bits per heavy atom. The normalized spacial score (nSPS) is 12.4. The summed E-state index contributed by atoms with van der Waals surface area (Å²) in [5.74, 6) is 0. The summed E-state index contributed by atoms with van der Waals surface area (Å²) < 4.78 is 13.5. The maximum absolute atomic E-state index is 13.5. The second kappa shape index (κ2) is 11.3. The monoisotopic (exact) mass is 610 g/mol. The van der Waals surface area contributed by atoms with Crippen LogP contribution in [0, 0.1) is 45.3 Å². The van der Waals surface area contributed by atoms with Crippen LogP contribution >= 0.6 is 11.8 Å². The van der Waals surface area contributed by atoms with Crippen molar-refractivity contribution in [1.29, 1.82) is 21.0 Å². The third kappa shape index (κ3) is 4.56. The van der Waals surface area contributed by atoms with Crippen LogP contribution in [0.5, 0.6) is 0 Å². The summed E-state index contributed by atoms with van der Waals surface area (Å²) in [7, 11) is -1.47. The first-order chi connectivity index (χ1) is 22.1. The van der Waals surface area contributed by atoms with E-state index in [4.69, 9.17) is 0 Å². The van der Waals surface area contributed by atoms with Crippen LogP contribution in [-0.2, 0) is 10.8 Å². The van der Waals surface area contributed by atoms with Crippen LogP contribution in [0.2, 0.25) is 0 Å². The zero-order chi connectivity index (χ0) is 31.1. The molecule has 0 radical (unpaired) electrons. The number of allylic oxidation sites excluding steroid dienone is 2. The summed E-state index contributed by atoms with van der Waals surface area (Å²) in [6.45, 7) is 0. The Balaban J connectivity index is 1.44. The van der Waals surface area contributed by atoms with Gasteiger partial charge >= 0.3 is 0 Å². The van der Waals surface area contributed by atoms with E-state index in [0.29, 0.717) is 37.6 Å². The molecule has 5 nitrogen and oxygen atoms in total. The molecule has 2 aliphatic rings. The first kappa shape index (κ1) is 27.8. The van der Waals surface area contributed by atoms with Crippen LogP contribution < -0.4 is 0 Å². The highest BCUT2D eigenvalue weighted by Gasteiger charge is 2.34. The van der Waals surface area contributed by atoms with Crippen LogP contribution in [0.1, 0.15) is 22.3 Å². The van der Waals surface area contributed by atoms with Crippen LogP contribution in [0.25, 0.3) is 33.4 Å². The number of nitriles is 4. The average Bonchev–Trinajstić information content (AvgIpc) is 3.57. The molecule has 0 N–H and O–H groups in total. The lowest BCUT2D eigenvalue weighted by Crippen LogP contribution is -1.95. The highest BCUT2D eigenvalue weighted by atomic mass is 32.2. The molecule has 0 heterocycles. The third-order valence-corrected chi connectivity index (χ3v) is 10.3. The second-order valence-electron chi connectivity index (χ2n) is 10.3. The SMILES string of the molecule is N#CC(C#N)=C1c2cc(Sc3ccccc3)ccc2-c2cc3c(cc21)C(=C(C#N)C#N)c1cc(S(=O)c2ccccc2)ccc1-3. The van der Waals surface area contributed by atoms with E-state index in [2.05, 4.69) is 24.3 Å². The molecule has 1 atom stereocenters. The lowest BCUT2D eigenvalue weighted by molar-refractivity contribution is 0.683. The summed E-state index contributed by atoms with van der Waals surface area (Å²) in [6.07, 6.45) is 0. The van der Waals surface area contributed by atoms with Crippen LogP contribution in [0.15, 0.2) is 140 Å². The Labute approximate surface area is 266 Å². The van der Waals surface area contributed by atoms with E-state index in [1.165, 1.54) is 0 Å². The smallest absolute Gasteiger partial charge is 0.138 e. The Bertz CT molecular complexity index is 2310. The molecule has 0 bridgehead atoms. The van der Waals surface area contributed by atoms with E-state index in [1.54, 1.807) is 30.0 Å². The van der Waals surface area contributed by atoms with Gasteiger partial charge in [0.15, 0.2) is 0 Å². The Kier molecular flexibility index (Phi) is 6.98. The zero-order valence-electron chi connectivity index (χ0n) is 23.4. The maximum atomic E-state index is 13.5. The van der Waals surface area contributed by atoms with Gasteiger partial charge in [0.25, 0.3) is 0 Å². The molecule has 0 aromatic heterocycles. The van der Waals surface area contributed by atoms with Crippen molar-refractivity contribution in [3.8, 4) is 46.5 Å². The molecule has 0 saturated carbocycles. The van der Waals surface area contributed by atoms with Crippen molar-refractivity contribution >= 4 is 33.7 Å². The number of hydrogen-bond acceptors (Lipinski definition) is 6. The first-order valence-corrected chi connectivity index (χ1v) is 15.8. The van der Waals surface area contributed by atoms with Crippen molar-refractivity contribution in [3.05, 3.63) is 143 Å². The van der Waals surface area contributed by atoms with E-state index in [0.717, 1.165) is 37.6 Å². The number of benzene rings is 5. The van der Waals surface area contributed by atoms with Gasteiger partial charge in [0.2, 0.25) is 0 Å². The van der Waals surface area contributed by atoms with Crippen molar-refractivity contribution in [1.82, 2.24) is 0 Å². The third-order valence-electron chi connectivity index (χ3n) is 7.89. The van der Waals surface area contributed by atoms with E-state index in [-0.39, 0.29) is 11.1 Å². The minimum Gasteiger partial charge on any atom is -0.249 e. The van der Waals surface area contributed by atoms with E-state index in [9.17, 15) is 25.3 Å². The molecule has 7 heteroatoms. The van der Waals surface area contributed by atoms with Crippen LogP contribution in [0.3, 0.4) is 0 Å². The van der Waals surface area contributed by atoms with Gasteiger partial charge in [0, 0.05) is 30.7 Å². The van der Waals surface area contributed by atoms with Gasteiger partial charge in [-0.05, 0) is 105 Å². The van der Waals surface area contributed by atoms with Gasteiger partial charge in [-0.2, -0.15) is 21.0 Å². The molecule has 7 rings (SSSR count). The van der Waals surface area contributed by atoms with Crippen molar-refractivity contribution in [2.24, 2.45) is 0 Å². The molecule has 2 aliphatic carbocycles. The van der Waals surface area contributed by atoms with Gasteiger partial charge in [0.05, 0.1) is 10.8 Å². The molecule has 0 fully saturated rings. The quantitative estimate of drug-likeness (QED) is 0.184. The Hall–Kier alpha value is -5.96. The van der Waals surface area contributed by atoms with Gasteiger partial charge < -0.3 is 0 Å². The largest absolute Gasteiger partial charge is 0.249 e. The summed E-state index contributed by atoms with van der Waals surface area (Å²) in [4.78, 5) is 3.24. The lowest BCUT2D eigenvalue weighted by atomic mass is 9.93. The number of hydrogen-bond donors (Lipinski definition) is 0. The molecule has 5 aromatic rings. The Morgan fingerprint density at radius 3 is 1.53 bits per heavy atom. The minimum atomic E-state index is -1.47. The molecule has 5 aromatic carbocycles. The van der Waals surface area contributed by atoms with E-state index >= 15 is 0 Å². The molecule has 208 valence electrons. The first-order valence-electron chi connectivity index (χ1n) is 13.8. The summed E-state index contributed by atoms with van der Waals surface area (Å²) in [5.41, 5.74) is 7.07. The van der Waals surface area contributed by atoms with Gasteiger partial charge in [-0.25, -0.2) is 4.21 Å². The summed E-state index contributed by atoms with van der Waals surface area (Å²) in [5, 5.41) is 40.0. The second-order valence-corrected chi connectivity index (χ2v) is 12.9. The minimum absolute atomic E-state index is 0.0146. The predicted molar refractivity (Wildman–Crippen MR) is 173 cm³/mol. The Morgan fingerprint density at radius 2 is 0.956 bits per heavy atom. The predicted octanol–water partition coefficient (Wildman–Crippen LogP) is 8.66. The number of nitrogens with zero attached hydrogens (tertiary/aromatic N) is 4. The number of rotatable bonds is 4. The van der Waals surface area contributed by atoms with Crippen molar-refractivity contribution in [2.45, 2.75) is 19.6 Å². The molecule has 45 heavy (non-hydrogen) atoms. The van der Waals surface area contributed by atoms with Crippen LogP contribution in [-0.4, -0.2) is 4.21 Å². The van der Waals surface area contributed by atoms with Gasteiger partial charge in [0.1, 0.15) is 35.4 Å². The number of fused-ring (bicyclic) bond motifs is 6. The molecule has 1 unspecified atom stereocenters. The fourth-order valence-electron chi connectivity index (χ4n) is 5.98. The van der Waals surface area contributed by atoms with Gasteiger partial charge in [-0.3, -0.25) is 0 Å². The molecular weight excluding hydrogens is 593 g/mol. The lowest BCUT2D eigenvalue weighted by Gasteiger charge is -2.08. The highest BCUT2D eigenvalue weighted by Crippen LogP contribution is 2.54.